The molecule has 128 valence electrons. The second-order valence-electron chi connectivity index (χ2n) is 6.16. The highest BCUT2D eigenvalue weighted by atomic mass is 16.7. The summed E-state index contributed by atoms with van der Waals surface area (Å²) in [5, 5.41) is 11.9. The lowest BCUT2D eigenvalue weighted by Gasteiger charge is -2.31. The van der Waals surface area contributed by atoms with Crippen molar-refractivity contribution in [1.82, 2.24) is 0 Å². The van der Waals surface area contributed by atoms with Crippen LogP contribution in [-0.2, 0) is 0 Å². The van der Waals surface area contributed by atoms with Crippen molar-refractivity contribution < 1.29 is 28.5 Å². The molecule has 2 aromatic carbocycles. The van der Waals surface area contributed by atoms with Crippen molar-refractivity contribution in [3.05, 3.63) is 47.7 Å². The van der Waals surface area contributed by atoms with Gasteiger partial charge in [-0.05, 0) is 18.2 Å². The third-order valence-electron chi connectivity index (χ3n) is 4.83. The van der Waals surface area contributed by atoms with Crippen LogP contribution in [0.4, 0.5) is 0 Å². The Hall–Kier alpha value is -2.86. The van der Waals surface area contributed by atoms with Gasteiger partial charge in [-0.3, -0.25) is 0 Å². The highest BCUT2D eigenvalue weighted by molar-refractivity contribution is 5.80. The number of hydrogen-bond donors (Lipinski definition) is 1. The second kappa shape index (κ2) is 5.32. The molecule has 25 heavy (non-hydrogen) atoms. The standard InChI is InChI=1S/C19H16O6/c1-21-15-7-18-17(24-9-25-18)5-11(15)13-8-23-16-6-14-10(2-3-22-14)4-12(16)19(13)20/h2-7,13,19-20H,8-9H2,1H3/t13-,19+/m0/s1. The Kier molecular flexibility index (Phi) is 3.08. The van der Waals surface area contributed by atoms with Crippen molar-refractivity contribution >= 4 is 11.0 Å². The maximum absolute atomic E-state index is 11.0. The van der Waals surface area contributed by atoms with E-state index in [-0.39, 0.29) is 12.7 Å². The molecule has 2 aliphatic heterocycles. The molecule has 0 aliphatic carbocycles. The van der Waals surface area contributed by atoms with Gasteiger partial charge >= 0.3 is 0 Å². The van der Waals surface area contributed by atoms with Crippen molar-refractivity contribution in [3.63, 3.8) is 0 Å². The topological polar surface area (TPSA) is 70.3 Å². The maximum atomic E-state index is 11.0. The van der Waals surface area contributed by atoms with Gasteiger partial charge in [-0.25, -0.2) is 0 Å². The fourth-order valence-corrected chi connectivity index (χ4v) is 3.52. The normalized spacial score (nSPS) is 21.0. The monoisotopic (exact) mass is 340 g/mol. The quantitative estimate of drug-likeness (QED) is 0.771. The minimum absolute atomic E-state index is 0.187. The number of methoxy groups -OCH3 is 1. The minimum Gasteiger partial charge on any atom is -0.496 e. The van der Waals surface area contributed by atoms with Crippen molar-refractivity contribution in [1.29, 1.82) is 0 Å². The number of hydrogen-bond acceptors (Lipinski definition) is 6. The van der Waals surface area contributed by atoms with Crippen LogP contribution in [0.2, 0.25) is 0 Å². The lowest BCUT2D eigenvalue weighted by Crippen LogP contribution is -2.24. The van der Waals surface area contributed by atoms with Crippen molar-refractivity contribution in [2.75, 3.05) is 20.5 Å². The van der Waals surface area contributed by atoms with Crippen LogP contribution in [0.1, 0.15) is 23.1 Å². The van der Waals surface area contributed by atoms with Crippen LogP contribution in [0.3, 0.4) is 0 Å². The largest absolute Gasteiger partial charge is 0.496 e. The molecule has 0 saturated carbocycles. The molecule has 0 saturated heterocycles. The molecule has 0 radical (unpaired) electrons. The van der Waals surface area contributed by atoms with Crippen LogP contribution in [-0.4, -0.2) is 25.6 Å². The SMILES string of the molecule is COc1cc2c(cc1[C@@H]1COc3cc4occc4cc3[C@H]1O)OCO2. The number of ether oxygens (including phenoxy) is 4. The lowest BCUT2D eigenvalue weighted by molar-refractivity contribution is 0.0878. The van der Waals surface area contributed by atoms with E-state index in [4.69, 9.17) is 23.4 Å². The van der Waals surface area contributed by atoms with Gasteiger partial charge in [0, 0.05) is 28.6 Å². The molecular weight excluding hydrogens is 324 g/mol. The summed E-state index contributed by atoms with van der Waals surface area (Å²) in [6.45, 7) is 0.517. The summed E-state index contributed by atoms with van der Waals surface area (Å²) in [5.41, 5.74) is 2.31. The molecule has 2 atom stereocenters. The molecule has 5 rings (SSSR count). The number of fused-ring (bicyclic) bond motifs is 3. The first-order chi connectivity index (χ1) is 12.2. The number of aliphatic hydroxyl groups excluding tert-OH is 1. The predicted molar refractivity (Wildman–Crippen MR) is 88.5 cm³/mol. The van der Waals surface area contributed by atoms with E-state index in [1.807, 2.05) is 24.3 Å². The van der Waals surface area contributed by atoms with Crippen molar-refractivity contribution in [3.8, 4) is 23.0 Å². The van der Waals surface area contributed by atoms with Gasteiger partial charge in [0.15, 0.2) is 11.5 Å². The first kappa shape index (κ1) is 14.5. The summed E-state index contributed by atoms with van der Waals surface area (Å²) in [7, 11) is 1.60. The van der Waals surface area contributed by atoms with Gasteiger partial charge in [0.2, 0.25) is 6.79 Å². The van der Waals surface area contributed by atoms with E-state index in [2.05, 4.69) is 0 Å². The second-order valence-corrected chi connectivity index (χ2v) is 6.16. The molecule has 3 heterocycles. The molecule has 0 bridgehead atoms. The minimum atomic E-state index is -0.725. The fourth-order valence-electron chi connectivity index (χ4n) is 3.52. The van der Waals surface area contributed by atoms with Gasteiger partial charge in [-0.1, -0.05) is 0 Å². The number of benzene rings is 2. The smallest absolute Gasteiger partial charge is 0.231 e. The summed E-state index contributed by atoms with van der Waals surface area (Å²) in [6.07, 6.45) is 0.901. The predicted octanol–water partition coefficient (Wildman–Crippen LogP) is 3.38. The van der Waals surface area contributed by atoms with Crippen LogP contribution >= 0.6 is 0 Å². The zero-order valence-corrected chi connectivity index (χ0v) is 13.5. The van der Waals surface area contributed by atoms with Crippen LogP contribution in [0, 0.1) is 0 Å². The van der Waals surface area contributed by atoms with Crippen LogP contribution in [0.15, 0.2) is 41.0 Å². The average Bonchev–Trinajstić information content (AvgIpc) is 3.27. The van der Waals surface area contributed by atoms with Gasteiger partial charge in [0.1, 0.15) is 17.1 Å². The van der Waals surface area contributed by atoms with E-state index in [0.29, 0.717) is 29.6 Å². The van der Waals surface area contributed by atoms with E-state index >= 15 is 0 Å². The molecule has 2 aliphatic rings. The first-order valence-corrected chi connectivity index (χ1v) is 8.04. The molecule has 0 fully saturated rings. The van der Waals surface area contributed by atoms with Gasteiger partial charge in [0.05, 0.1) is 32.0 Å². The highest BCUT2D eigenvalue weighted by Crippen LogP contribution is 2.48. The van der Waals surface area contributed by atoms with Crippen molar-refractivity contribution in [2.45, 2.75) is 12.0 Å². The molecule has 0 amide bonds. The van der Waals surface area contributed by atoms with Gasteiger partial charge in [0.25, 0.3) is 0 Å². The lowest BCUT2D eigenvalue weighted by atomic mass is 9.86. The van der Waals surface area contributed by atoms with Crippen molar-refractivity contribution in [2.24, 2.45) is 0 Å². The summed E-state index contributed by atoms with van der Waals surface area (Å²) in [6, 6.07) is 9.25. The highest BCUT2D eigenvalue weighted by Gasteiger charge is 2.34. The van der Waals surface area contributed by atoms with Gasteiger partial charge < -0.3 is 28.5 Å². The first-order valence-electron chi connectivity index (χ1n) is 8.04. The van der Waals surface area contributed by atoms with E-state index in [1.165, 1.54) is 0 Å². The number of rotatable bonds is 2. The molecule has 0 unspecified atom stereocenters. The van der Waals surface area contributed by atoms with E-state index < -0.39 is 6.10 Å². The molecule has 6 heteroatoms. The summed E-state index contributed by atoms with van der Waals surface area (Å²) in [5.74, 6) is 2.31. The Labute approximate surface area is 143 Å². The molecular formula is C19H16O6. The number of aliphatic hydroxyl groups is 1. The van der Waals surface area contributed by atoms with E-state index in [9.17, 15) is 5.11 Å². The summed E-state index contributed by atoms with van der Waals surface area (Å²) < 4.78 is 27.7. The fraction of sp³-hybridized carbons (Fsp3) is 0.263. The number of furan rings is 1. The van der Waals surface area contributed by atoms with Crippen LogP contribution in [0.5, 0.6) is 23.0 Å². The van der Waals surface area contributed by atoms with E-state index in [0.717, 1.165) is 22.1 Å². The Bertz CT molecular complexity index is 960. The van der Waals surface area contributed by atoms with Crippen LogP contribution in [0.25, 0.3) is 11.0 Å². The molecule has 1 aromatic heterocycles. The Balaban J connectivity index is 1.59. The molecule has 6 nitrogen and oxygen atoms in total. The third kappa shape index (κ3) is 2.14. The summed E-state index contributed by atoms with van der Waals surface area (Å²) in [4.78, 5) is 0. The van der Waals surface area contributed by atoms with Gasteiger partial charge in [-0.15, -0.1) is 0 Å². The van der Waals surface area contributed by atoms with Crippen LogP contribution < -0.4 is 18.9 Å². The Morgan fingerprint density at radius 3 is 2.68 bits per heavy atom. The third-order valence-corrected chi connectivity index (χ3v) is 4.83. The molecule has 0 spiro atoms. The summed E-state index contributed by atoms with van der Waals surface area (Å²) >= 11 is 0. The Morgan fingerprint density at radius 1 is 1.00 bits per heavy atom. The maximum Gasteiger partial charge on any atom is 0.231 e. The Morgan fingerprint density at radius 2 is 1.84 bits per heavy atom. The molecule has 1 N–H and O–H groups in total. The van der Waals surface area contributed by atoms with E-state index in [1.54, 1.807) is 19.4 Å². The molecule has 3 aromatic rings. The zero-order chi connectivity index (χ0) is 17.0. The van der Waals surface area contributed by atoms with Gasteiger partial charge in [-0.2, -0.15) is 0 Å². The zero-order valence-electron chi connectivity index (χ0n) is 13.5. The average molecular weight is 340 g/mol.